The van der Waals surface area contributed by atoms with Crippen molar-refractivity contribution in [2.24, 2.45) is 0 Å². The molecule has 0 saturated carbocycles. The summed E-state index contributed by atoms with van der Waals surface area (Å²) in [6.45, 7) is 1.24. The Morgan fingerprint density at radius 3 is 2.40 bits per heavy atom. The summed E-state index contributed by atoms with van der Waals surface area (Å²) in [5.41, 5.74) is 0.891. The van der Waals surface area contributed by atoms with Crippen molar-refractivity contribution in [3.05, 3.63) is 52.9 Å². The highest BCUT2D eigenvalue weighted by atomic mass is 16.5. The Labute approximate surface area is 117 Å². The van der Waals surface area contributed by atoms with Gasteiger partial charge in [-0.15, -0.1) is 0 Å². The van der Waals surface area contributed by atoms with Crippen molar-refractivity contribution in [1.29, 1.82) is 0 Å². The van der Waals surface area contributed by atoms with E-state index in [1.165, 1.54) is 0 Å². The molecule has 0 aliphatic rings. The second-order valence-electron chi connectivity index (χ2n) is 4.26. The van der Waals surface area contributed by atoms with Gasteiger partial charge < -0.3 is 19.4 Å². The molecule has 0 amide bonds. The van der Waals surface area contributed by atoms with Gasteiger partial charge in [0, 0.05) is 49.2 Å². The molecule has 0 saturated heterocycles. The summed E-state index contributed by atoms with van der Waals surface area (Å²) in [7, 11) is 3.23. The van der Waals surface area contributed by atoms with Crippen molar-refractivity contribution in [1.82, 2.24) is 4.57 Å². The number of pyridine rings is 1. The lowest BCUT2D eigenvalue weighted by Crippen LogP contribution is -2.21. The molecular weight excluding hydrogens is 256 g/mol. The lowest BCUT2D eigenvalue weighted by Gasteiger charge is -2.11. The van der Waals surface area contributed by atoms with Gasteiger partial charge in [0.25, 0.3) is 5.56 Å². The number of hydrogen-bond acceptors (Lipinski definition) is 4. The third-order valence-corrected chi connectivity index (χ3v) is 2.93. The summed E-state index contributed by atoms with van der Waals surface area (Å²) in [6.07, 6.45) is 1.77. The van der Waals surface area contributed by atoms with Crippen molar-refractivity contribution in [2.45, 2.75) is 6.54 Å². The average molecular weight is 274 g/mol. The zero-order chi connectivity index (χ0) is 14.4. The fourth-order valence-electron chi connectivity index (χ4n) is 1.88. The molecule has 1 aromatic carbocycles. The summed E-state index contributed by atoms with van der Waals surface area (Å²) in [5.74, 6) is 1.45. The van der Waals surface area contributed by atoms with Gasteiger partial charge in [-0.1, -0.05) is 6.07 Å². The first-order valence-electron chi connectivity index (χ1n) is 6.35. The van der Waals surface area contributed by atoms with Gasteiger partial charge in [0.15, 0.2) is 0 Å². The van der Waals surface area contributed by atoms with Crippen LogP contribution in [0.25, 0.3) is 0 Å². The molecule has 1 heterocycles. The van der Waals surface area contributed by atoms with Crippen molar-refractivity contribution in [3.8, 4) is 11.5 Å². The maximum absolute atomic E-state index is 11.6. The maximum atomic E-state index is 11.6. The minimum Gasteiger partial charge on any atom is -0.497 e. The van der Waals surface area contributed by atoms with Crippen LogP contribution in [0.2, 0.25) is 0 Å². The number of hydrogen-bond donors (Lipinski definition) is 1. The normalized spacial score (nSPS) is 10.1. The van der Waals surface area contributed by atoms with Crippen molar-refractivity contribution >= 4 is 5.69 Å². The highest BCUT2D eigenvalue weighted by Gasteiger charge is 2.01. The first-order chi connectivity index (χ1) is 9.72. The van der Waals surface area contributed by atoms with Crippen molar-refractivity contribution in [2.75, 3.05) is 26.1 Å². The number of ether oxygens (including phenoxy) is 2. The van der Waals surface area contributed by atoms with E-state index >= 15 is 0 Å². The van der Waals surface area contributed by atoms with Gasteiger partial charge in [-0.2, -0.15) is 0 Å². The molecule has 5 heteroatoms. The van der Waals surface area contributed by atoms with Crippen LogP contribution in [-0.2, 0) is 6.54 Å². The van der Waals surface area contributed by atoms with Crippen LogP contribution in [-0.4, -0.2) is 25.3 Å². The van der Waals surface area contributed by atoms with E-state index in [-0.39, 0.29) is 5.56 Å². The van der Waals surface area contributed by atoms with Gasteiger partial charge in [-0.25, -0.2) is 0 Å². The average Bonchev–Trinajstić information content (AvgIpc) is 2.48. The van der Waals surface area contributed by atoms with Crippen LogP contribution in [0.5, 0.6) is 11.5 Å². The Morgan fingerprint density at radius 1 is 1.10 bits per heavy atom. The standard InChI is InChI=1S/C15H18N2O3/c1-19-13-9-12(10-14(11-13)20-2)16-6-8-17-7-4-3-5-15(17)18/h3-5,7,9-11,16H,6,8H2,1-2H3. The zero-order valence-corrected chi connectivity index (χ0v) is 11.6. The van der Waals surface area contributed by atoms with Crippen molar-refractivity contribution in [3.63, 3.8) is 0 Å². The van der Waals surface area contributed by atoms with Crippen LogP contribution in [0.1, 0.15) is 0 Å². The number of methoxy groups -OCH3 is 2. The third kappa shape index (κ3) is 3.54. The second-order valence-corrected chi connectivity index (χ2v) is 4.26. The third-order valence-electron chi connectivity index (χ3n) is 2.93. The van der Waals surface area contributed by atoms with E-state index in [0.29, 0.717) is 13.1 Å². The van der Waals surface area contributed by atoms with Crippen LogP contribution in [0.15, 0.2) is 47.4 Å². The summed E-state index contributed by atoms with van der Waals surface area (Å²) in [6, 6.07) is 10.7. The maximum Gasteiger partial charge on any atom is 0.250 e. The molecular formula is C15H18N2O3. The molecule has 2 aromatic rings. The van der Waals surface area contributed by atoms with Crippen LogP contribution >= 0.6 is 0 Å². The molecule has 1 N–H and O–H groups in total. The number of rotatable bonds is 6. The molecule has 0 aliphatic carbocycles. The predicted octanol–water partition coefficient (Wildman–Crippen LogP) is 1.98. The van der Waals surface area contributed by atoms with E-state index in [1.807, 2.05) is 24.3 Å². The molecule has 0 bridgehead atoms. The quantitative estimate of drug-likeness (QED) is 0.875. The molecule has 1 aromatic heterocycles. The lowest BCUT2D eigenvalue weighted by atomic mass is 10.2. The molecule has 0 spiro atoms. The minimum atomic E-state index is -0.00229. The molecule has 2 rings (SSSR count). The highest BCUT2D eigenvalue weighted by Crippen LogP contribution is 2.25. The lowest BCUT2D eigenvalue weighted by molar-refractivity contribution is 0.394. The Bertz CT molecular complexity index is 600. The summed E-state index contributed by atoms with van der Waals surface area (Å²) >= 11 is 0. The van der Waals surface area contributed by atoms with E-state index in [2.05, 4.69) is 5.32 Å². The van der Waals surface area contributed by atoms with Crippen LogP contribution < -0.4 is 20.3 Å². The number of nitrogens with one attached hydrogen (secondary N) is 1. The molecule has 0 unspecified atom stereocenters. The molecule has 106 valence electrons. The second kappa shape index (κ2) is 6.65. The smallest absolute Gasteiger partial charge is 0.250 e. The zero-order valence-electron chi connectivity index (χ0n) is 11.6. The molecule has 5 nitrogen and oxygen atoms in total. The first kappa shape index (κ1) is 14.0. The summed E-state index contributed by atoms with van der Waals surface area (Å²) in [4.78, 5) is 11.6. The van der Waals surface area contributed by atoms with E-state index in [0.717, 1.165) is 17.2 Å². The van der Waals surface area contributed by atoms with Crippen LogP contribution in [0.3, 0.4) is 0 Å². The van der Waals surface area contributed by atoms with E-state index in [1.54, 1.807) is 37.1 Å². The first-order valence-corrected chi connectivity index (χ1v) is 6.35. The van der Waals surface area contributed by atoms with Gasteiger partial charge in [-0.05, 0) is 6.07 Å². The Hall–Kier alpha value is -2.43. The van der Waals surface area contributed by atoms with E-state index in [4.69, 9.17) is 9.47 Å². The van der Waals surface area contributed by atoms with E-state index < -0.39 is 0 Å². The number of aromatic nitrogens is 1. The molecule has 20 heavy (non-hydrogen) atoms. The van der Waals surface area contributed by atoms with Crippen LogP contribution in [0, 0.1) is 0 Å². The Morgan fingerprint density at radius 2 is 1.80 bits per heavy atom. The number of anilines is 1. The summed E-state index contributed by atoms with van der Waals surface area (Å²) < 4.78 is 12.1. The topological polar surface area (TPSA) is 52.5 Å². The largest absolute Gasteiger partial charge is 0.497 e. The van der Waals surface area contributed by atoms with Gasteiger partial charge in [0.1, 0.15) is 11.5 Å². The fraction of sp³-hybridized carbons (Fsp3) is 0.267. The Balaban J connectivity index is 2.00. The fourth-order valence-corrected chi connectivity index (χ4v) is 1.88. The van der Waals surface area contributed by atoms with Crippen LogP contribution in [0.4, 0.5) is 5.69 Å². The number of nitrogens with zero attached hydrogens (tertiary/aromatic N) is 1. The van der Waals surface area contributed by atoms with E-state index in [9.17, 15) is 4.79 Å². The monoisotopic (exact) mass is 274 g/mol. The summed E-state index contributed by atoms with van der Waals surface area (Å²) in [5, 5.41) is 3.25. The van der Waals surface area contributed by atoms with Gasteiger partial charge in [-0.3, -0.25) is 4.79 Å². The molecule has 0 fully saturated rings. The van der Waals surface area contributed by atoms with Crippen molar-refractivity contribution < 1.29 is 9.47 Å². The van der Waals surface area contributed by atoms with Gasteiger partial charge in [0.2, 0.25) is 0 Å². The highest BCUT2D eigenvalue weighted by molar-refractivity contribution is 5.53. The number of benzene rings is 1. The Kier molecular flexibility index (Phi) is 4.65. The van der Waals surface area contributed by atoms with Gasteiger partial charge >= 0.3 is 0 Å². The minimum absolute atomic E-state index is 0.00229. The van der Waals surface area contributed by atoms with Gasteiger partial charge in [0.05, 0.1) is 14.2 Å². The molecule has 0 atom stereocenters. The predicted molar refractivity (Wildman–Crippen MR) is 78.7 cm³/mol. The molecule has 0 aliphatic heterocycles. The molecule has 0 radical (unpaired) electrons. The SMILES string of the molecule is COc1cc(NCCn2ccccc2=O)cc(OC)c1.